The van der Waals surface area contributed by atoms with E-state index in [0.717, 1.165) is 37.0 Å². The van der Waals surface area contributed by atoms with Gasteiger partial charge < -0.3 is 0 Å². The van der Waals surface area contributed by atoms with Crippen LogP contribution in [-0.4, -0.2) is 13.7 Å². The lowest BCUT2D eigenvalue weighted by atomic mass is 9.49. The van der Waals surface area contributed by atoms with E-state index >= 15 is 0 Å². The maximum Gasteiger partial charge on any atom is 0.212 e. The largest absolute Gasteiger partial charge is 0.228 e. The highest BCUT2D eigenvalue weighted by Gasteiger charge is 2.55. The lowest BCUT2D eigenvalue weighted by Gasteiger charge is -2.58. The van der Waals surface area contributed by atoms with Crippen LogP contribution in [0.5, 0.6) is 0 Å². The van der Waals surface area contributed by atoms with Crippen LogP contribution in [0.3, 0.4) is 0 Å². The van der Waals surface area contributed by atoms with Gasteiger partial charge in [0.2, 0.25) is 10.0 Å². The van der Waals surface area contributed by atoms with Crippen LogP contribution < -0.4 is 5.14 Å². The molecule has 4 aliphatic carbocycles. The van der Waals surface area contributed by atoms with Crippen LogP contribution in [0.2, 0.25) is 0 Å². The number of hydrogen-bond acceptors (Lipinski definition) is 2. The summed E-state index contributed by atoms with van der Waals surface area (Å²) in [5.41, 5.74) is 0.0301. The summed E-state index contributed by atoms with van der Waals surface area (Å²) in [5.74, 6) is 2.36. The van der Waals surface area contributed by atoms with Gasteiger partial charge in [-0.25, -0.2) is 13.6 Å². The first-order valence-corrected chi connectivity index (χ1v) is 8.02. The van der Waals surface area contributed by atoms with Gasteiger partial charge in [0, 0.05) is 0 Å². The second kappa shape index (κ2) is 3.22. The van der Waals surface area contributed by atoms with E-state index in [2.05, 4.69) is 0 Å². The first kappa shape index (κ1) is 11.0. The molecule has 0 aliphatic heterocycles. The van der Waals surface area contributed by atoms with Crippen molar-refractivity contribution in [3.63, 3.8) is 0 Å². The van der Waals surface area contributed by atoms with Gasteiger partial charge in [0.1, 0.15) is 0 Å². The van der Waals surface area contributed by atoms with Gasteiger partial charge in [0.25, 0.3) is 0 Å². The fourth-order valence-electron chi connectivity index (χ4n) is 5.02. The molecule has 0 radical (unpaired) electrons. The Kier molecular flexibility index (Phi) is 2.22. The van der Waals surface area contributed by atoms with E-state index in [1.807, 2.05) is 6.92 Å². The van der Waals surface area contributed by atoms with Gasteiger partial charge in [-0.3, -0.25) is 0 Å². The second-order valence-corrected chi connectivity index (χ2v) is 8.40. The molecule has 0 saturated heterocycles. The van der Waals surface area contributed by atoms with Gasteiger partial charge in [-0.2, -0.15) is 0 Å². The molecule has 16 heavy (non-hydrogen) atoms. The molecule has 1 atom stereocenters. The molecule has 4 rings (SSSR count). The molecule has 4 saturated carbocycles. The lowest BCUT2D eigenvalue weighted by molar-refractivity contribution is -0.0522. The summed E-state index contributed by atoms with van der Waals surface area (Å²) >= 11 is 0. The number of rotatable bonds is 2. The summed E-state index contributed by atoms with van der Waals surface area (Å²) in [7, 11) is -3.37. The minimum atomic E-state index is -3.37. The Morgan fingerprint density at radius 2 is 1.44 bits per heavy atom. The van der Waals surface area contributed by atoms with E-state index in [0.29, 0.717) is 0 Å². The molecule has 0 aromatic carbocycles. The van der Waals surface area contributed by atoms with Crippen molar-refractivity contribution in [2.75, 3.05) is 0 Å². The van der Waals surface area contributed by atoms with Gasteiger partial charge >= 0.3 is 0 Å². The number of sulfonamides is 1. The molecule has 4 aliphatic rings. The zero-order chi connectivity index (χ0) is 11.6. The summed E-state index contributed by atoms with van der Waals surface area (Å²) in [4.78, 5) is 0. The highest BCUT2D eigenvalue weighted by molar-refractivity contribution is 7.89. The van der Waals surface area contributed by atoms with Gasteiger partial charge in [-0.1, -0.05) is 0 Å². The third-order valence-electron chi connectivity index (χ3n) is 5.44. The quantitative estimate of drug-likeness (QED) is 0.805. The predicted molar refractivity (Wildman–Crippen MR) is 63.2 cm³/mol. The van der Waals surface area contributed by atoms with Crippen LogP contribution in [0.1, 0.15) is 45.4 Å². The van der Waals surface area contributed by atoms with Crippen LogP contribution in [-0.2, 0) is 10.0 Å². The van der Waals surface area contributed by atoms with Crippen molar-refractivity contribution < 1.29 is 8.42 Å². The first-order valence-electron chi connectivity index (χ1n) is 6.41. The second-order valence-electron chi connectivity index (χ2n) is 6.51. The third kappa shape index (κ3) is 1.53. The monoisotopic (exact) mass is 243 g/mol. The smallest absolute Gasteiger partial charge is 0.212 e. The van der Waals surface area contributed by atoms with Crippen molar-refractivity contribution in [3.8, 4) is 0 Å². The Morgan fingerprint density at radius 3 is 1.75 bits per heavy atom. The molecule has 92 valence electrons. The van der Waals surface area contributed by atoms with Gasteiger partial charge in [-0.15, -0.1) is 0 Å². The molecule has 0 aromatic rings. The molecular weight excluding hydrogens is 222 g/mol. The van der Waals surface area contributed by atoms with Gasteiger partial charge in [0.05, 0.1) is 5.25 Å². The minimum Gasteiger partial charge on any atom is -0.228 e. The molecule has 3 nitrogen and oxygen atoms in total. The molecular formula is C12H21NO2S. The molecule has 4 bridgehead atoms. The van der Waals surface area contributed by atoms with Crippen molar-refractivity contribution >= 4 is 10.0 Å². The Labute approximate surface area is 97.8 Å². The summed E-state index contributed by atoms with van der Waals surface area (Å²) in [6.45, 7) is 1.84. The van der Waals surface area contributed by atoms with Crippen molar-refractivity contribution in [3.05, 3.63) is 0 Å². The topological polar surface area (TPSA) is 60.2 Å². The molecule has 2 N–H and O–H groups in total. The molecule has 0 heterocycles. The van der Waals surface area contributed by atoms with Crippen LogP contribution in [0, 0.1) is 23.2 Å². The summed E-state index contributed by atoms with van der Waals surface area (Å²) in [5, 5.41) is 5.03. The molecule has 4 heteroatoms. The highest BCUT2D eigenvalue weighted by Crippen LogP contribution is 2.61. The molecule has 0 amide bonds. The Hall–Kier alpha value is -0.0900. The van der Waals surface area contributed by atoms with E-state index in [-0.39, 0.29) is 10.7 Å². The van der Waals surface area contributed by atoms with E-state index in [1.165, 1.54) is 19.3 Å². The van der Waals surface area contributed by atoms with Gasteiger partial charge in [0.15, 0.2) is 0 Å². The number of hydrogen-bond donors (Lipinski definition) is 1. The molecule has 0 spiro atoms. The lowest BCUT2D eigenvalue weighted by Crippen LogP contribution is -2.54. The van der Waals surface area contributed by atoms with E-state index < -0.39 is 10.0 Å². The zero-order valence-electron chi connectivity index (χ0n) is 9.85. The summed E-state index contributed by atoms with van der Waals surface area (Å²) in [6.07, 6.45) is 7.35. The molecule has 0 aromatic heterocycles. The molecule has 4 fully saturated rings. The van der Waals surface area contributed by atoms with Crippen molar-refractivity contribution in [1.82, 2.24) is 0 Å². The number of nitrogens with two attached hydrogens (primary N) is 1. The summed E-state index contributed by atoms with van der Waals surface area (Å²) in [6, 6.07) is 0. The minimum absolute atomic E-state index is 0.0301. The van der Waals surface area contributed by atoms with Crippen molar-refractivity contribution in [1.29, 1.82) is 0 Å². The third-order valence-corrected chi connectivity index (χ3v) is 6.93. The SMILES string of the molecule is C[C@H](C12CC3CC(CC(C3)C1)C2)S(N)(=O)=O. The average Bonchev–Trinajstić information content (AvgIpc) is 2.12. The van der Waals surface area contributed by atoms with Crippen LogP contribution >= 0.6 is 0 Å². The Bertz CT molecular complexity index is 366. The first-order chi connectivity index (χ1) is 7.39. The fraction of sp³-hybridized carbons (Fsp3) is 1.00. The van der Waals surface area contributed by atoms with Crippen molar-refractivity contribution in [2.24, 2.45) is 28.3 Å². The van der Waals surface area contributed by atoms with Crippen LogP contribution in [0.25, 0.3) is 0 Å². The van der Waals surface area contributed by atoms with E-state index in [9.17, 15) is 8.42 Å². The maximum absolute atomic E-state index is 11.6. The van der Waals surface area contributed by atoms with Crippen molar-refractivity contribution in [2.45, 2.75) is 50.7 Å². The van der Waals surface area contributed by atoms with E-state index in [4.69, 9.17) is 5.14 Å². The molecule has 0 unspecified atom stereocenters. The Morgan fingerprint density at radius 1 is 1.06 bits per heavy atom. The zero-order valence-corrected chi connectivity index (χ0v) is 10.7. The summed E-state index contributed by atoms with van der Waals surface area (Å²) < 4.78 is 23.2. The normalized spacial score (nSPS) is 48.2. The average molecular weight is 243 g/mol. The van der Waals surface area contributed by atoms with Crippen LogP contribution in [0.15, 0.2) is 0 Å². The number of primary sulfonamides is 1. The van der Waals surface area contributed by atoms with Gasteiger partial charge in [-0.05, 0) is 68.6 Å². The standard InChI is InChI=1S/C12H21NO2S/c1-8(16(13,14)15)12-5-9-2-10(6-12)4-11(3-9)7-12/h8-11H,2-7H2,1H3,(H2,13,14,15)/t8-,9?,10?,11?,12?/m1/s1. The van der Waals surface area contributed by atoms with Crippen LogP contribution in [0.4, 0.5) is 0 Å². The predicted octanol–water partition coefficient (Wildman–Crippen LogP) is 1.88. The highest BCUT2D eigenvalue weighted by atomic mass is 32.2. The Balaban J connectivity index is 1.94. The fourth-order valence-corrected chi connectivity index (χ4v) is 6.01. The van der Waals surface area contributed by atoms with E-state index in [1.54, 1.807) is 0 Å². The maximum atomic E-state index is 11.6.